The highest BCUT2D eigenvalue weighted by Crippen LogP contribution is 2.22. The van der Waals surface area contributed by atoms with Crippen molar-refractivity contribution in [1.82, 2.24) is 5.32 Å². The highest BCUT2D eigenvalue weighted by Gasteiger charge is 2.06. The minimum Gasteiger partial charge on any atom is -0.313 e. The standard InChI is InChI=1S/C15H25NS/c1-5-9-16-14(6-2)11-17-15-8-7-12(3)13(4)10-15/h7-8,10,14,16H,5-6,9,11H2,1-4H3. The van der Waals surface area contributed by atoms with Gasteiger partial charge >= 0.3 is 0 Å². The van der Waals surface area contributed by atoms with Gasteiger partial charge in [-0.3, -0.25) is 0 Å². The lowest BCUT2D eigenvalue weighted by atomic mass is 10.1. The van der Waals surface area contributed by atoms with Crippen LogP contribution in [0.5, 0.6) is 0 Å². The molecule has 0 fully saturated rings. The number of aryl methyl sites for hydroxylation is 2. The Morgan fingerprint density at radius 2 is 1.94 bits per heavy atom. The van der Waals surface area contributed by atoms with E-state index < -0.39 is 0 Å². The summed E-state index contributed by atoms with van der Waals surface area (Å²) in [6.45, 7) is 9.96. The molecule has 96 valence electrons. The summed E-state index contributed by atoms with van der Waals surface area (Å²) in [6.07, 6.45) is 2.42. The first-order valence-electron chi connectivity index (χ1n) is 6.60. The van der Waals surface area contributed by atoms with E-state index in [1.165, 1.54) is 34.6 Å². The molecule has 0 heterocycles. The topological polar surface area (TPSA) is 12.0 Å². The normalized spacial score (nSPS) is 12.7. The smallest absolute Gasteiger partial charge is 0.0159 e. The van der Waals surface area contributed by atoms with E-state index in [0.717, 1.165) is 6.54 Å². The van der Waals surface area contributed by atoms with Gasteiger partial charge in [-0.2, -0.15) is 0 Å². The molecule has 0 aliphatic rings. The third-order valence-corrected chi connectivity index (χ3v) is 4.26. The second kappa shape index (κ2) is 7.78. The molecular formula is C15H25NS. The van der Waals surface area contributed by atoms with Crippen LogP contribution < -0.4 is 5.32 Å². The van der Waals surface area contributed by atoms with E-state index in [2.05, 4.69) is 51.2 Å². The van der Waals surface area contributed by atoms with Crippen LogP contribution in [0.15, 0.2) is 23.1 Å². The van der Waals surface area contributed by atoms with Crippen LogP contribution in [0.2, 0.25) is 0 Å². The first kappa shape index (κ1) is 14.6. The molecule has 17 heavy (non-hydrogen) atoms. The van der Waals surface area contributed by atoms with Crippen molar-refractivity contribution in [3.05, 3.63) is 29.3 Å². The minimum atomic E-state index is 0.640. The Kier molecular flexibility index (Phi) is 6.68. The van der Waals surface area contributed by atoms with Crippen molar-refractivity contribution >= 4 is 11.8 Å². The van der Waals surface area contributed by atoms with E-state index in [-0.39, 0.29) is 0 Å². The van der Waals surface area contributed by atoms with Crippen LogP contribution >= 0.6 is 11.8 Å². The summed E-state index contributed by atoms with van der Waals surface area (Å²) in [7, 11) is 0. The van der Waals surface area contributed by atoms with Gasteiger partial charge in [0.15, 0.2) is 0 Å². The van der Waals surface area contributed by atoms with Gasteiger partial charge in [0.05, 0.1) is 0 Å². The molecule has 1 nitrogen and oxygen atoms in total. The molecule has 0 bridgehead atoms. The molecule has 0 saturated carbocycles. The summed E-state index contributed by atoms with van der Waals surface area (Å²) in [5.41, 5.74) is 2.77. The van der Waals surface area contributed by atoms with Crippen molar-refractivity contribution in [2.45, 2.75) is 51.5 Å². The largest absolute Gasteiger partial charge is 0.313 e. The number of hydrogen-bond acceptors (Lipinski definition) is 2. The number of thioether (sulfide) groups is 1. The van der Waals surface area contributed by atoms with Crippen molar-refractivity contribution < 1.29 is 0 Å². The molecule has 1 N–H and O–H groups in total. The second-order valence-electron chi connectivity index (χ2n) is 4.62. The molecule has 1 unspecified atom stereocenters. The Bertz CT molecular complexity index is 336. The van der Waals surface area contributed by atoms with Gasteiger partial charge in [0, 0.05) is 16.7 Å². The second-order valence-corrected chi connectivity index (χ2v) is 5.71. The zero-order valence-corrected chi connectivity index (χ0v) is 12.4. The van der Waals surface area contributed by atoms with E-state index in [1.807, 2.05) is 11.8 Å². The Balaban J connectivity index is 2.45. The van der Waals surface area contributed by atoms with Crippen LogP contribution in [-0.2, 0) is 0 Å². The quantitative estimate of drug-likeness (QED) is 0.730. The molecule has 1 atom stereocenters. The first-order valence-corrected chi connectivity index (χ1v) is 7.59. The summed E-state index contributed by atoms with van der Waals surface area (Å²) in [4.78, 5) is 1.39. The fraction of sp³-hybridized carbons (Fsp3) is 0.600. The van der Waals surface area contributed by atoms with Gasteiger partial charge in [0.25, 0.3) is 0 Å². The molecule has 0 amide bonds. The lowest BCUT2D eigenvalue weighted by Gasteiger charge is -2.16. The van der Waals surface area contributed by atoms with Crippen LogP contribution in [0, 0.1) is 13.8 Å². The fourth-order valence-electron chi connectivity index (χ4n) is 1.67. The maximum atomic E-state index is 3.59. The first-order chi connectivity index (χ1) is 8.17. The molecule has 0 aliphatic heterocycles. The van der Waals surface area contributed by atoms with Crippen LogP contribution in [-0.4, -0.2) is 18.3 Å². The molecule has 0 saturated heterocycles. The van der Waals surface area contributed by atoms with E-state index >= 15 is 0 Å². The van der Waals surface area contributed by atoms with Gasteiger partial charge in [-0.1, -0.05) is 19.9 Å². The number of benzene rings is 1. The van der Waals surface area contributed by atoms with Crippen molar-refractivity contribution in [3.8, 4) is 0 Å². The average Bonchev–Trinajstić information content (AvgIpc) is 2.34. The van der Waals surface area contributed by atoms with Gasteiger partial charge in [0.2, 0.25) is 0 Å². The van der Waals surface area contributed by atoms with Crippen LogP contribution in [0.1, 0.15) is 37.8 Å². The maximum Gasteiger partial charge on any atom is 0.0159 e. The fourth-order valence-corrected chi connectivity index (χ4v) is 2.84. The van der Waals surface area contributed by atoms with Crippen molar-refractivity contribution in [3.63, 3.8) is 0 Å². The lowest BCUT2D eigenvalue weighted by Crippen LogP contribution is -2.31. The highest BCUT2D eigenvalue weighted by atomic mass is 32.2. The van der Waals surface area contributed by atoms with Crippen molar-refractivity contribution in [2.75, 3.05) is 12.3 Å². The average molecular weight is 251 g/mol. The van der Waals surface area contributed by atoms with E-state index in [4.69, 9.17) is 0 Å². The van der Waals surface area contributed by atoms with E-state index in [0.29, 0.717) is 6.04 Å². The molecule has 1 aromatic rings. The van der Waals surface area contributed by atoms with Crippen LogP contribution in [0.4, 0.5) is 0 Å². The summed E-state index contributed by atoms with van der Waals surface area (Å²) in [5.74, 6) is 1.17. The lowest BCUT2D eigenvalue weighted by molar-refractivity contribution is 0.539. The Morgan fingerprint density at radius 3 is 2.53 bits per heavy atom. The number of nitrogens with one attached hydrogen (secondary N) is 1. The Hall–Kier alpha value is -0.470. The summed E-state index contributed by atoms with van der Waals surface area (Å²) in [6, 6.07) is 7.39. The maximum absolute atomic E-state index is 3.59. The zero-order valence-electron chi connectivity index (χ0n) is 11.5. The SMILES string of the molecule is CCCNC(CC)CSc1ccc(C)c(C)c1. The third-order valence-electron chi connectivity index (χ3n) is 3.11. The summed E-state index contributed by atoms with van der Waals surface area (Å²) in [5, 5.41) is 3.59. The van der Waals surface area contributed by atoms with E-state index in [9.17, 15) is 0 Å². The molecule has 1 rings (SSSR count). The zero-order chi connectivity index (χ0) is 12.7. The van der Waals surface area contributed by atoms with Gasteiger partial charge in [-0.05, 0) is 56.5 Å². The van der Waals surface area contributed by atoms with Crippen LogP contribution in [0.3, 0.4) is 0 Å². The monoisotopic (exact) mass is 251 g/mol. The minimum absolute atomic E-state index is 0.640. The number of hydrogen-bond donors (Lipinski definition) is 1. The Morgan fingerprint density at radius 1 is 1.18 bits per heavy atom. The predicted molar refractivity (Wildman–Crippen MR) is 79.0 cm³/mol. The molecular weight excluding hydrogens is 226 g/mol. The van der Waals surface area contributed by atoms with E-state index in [1.54, 1.807) is 0 Å². The van der Waals surface area contributed by atoms with Crippen molar-refractivity contribution in [1.29, 1.82) is 0 Å². The summed E-state index contributed by atoms with van der Waals surface area (Å²) >= 11 is 1.96. The molecule has 0 spiro atoms. The van der Waals surface area contributed by atoms with Gasteiger partial charge in [-0.15, -0.1) is 11.8 Å². The van der Waals surface area contributed by atoms with Gasteiger partial charge in [0.1, 0.15) is 0 Å². The number of rotatable bonds is 7. The predicted octanol–water partition coefficient (Wildman–Crippen LogP) is 4.17. The molecule has 2 heteroatoms. The van der Waals surface area contributed by atoms with Gasteiger partial charge in [-0.25, -0.2) is 0 Å². The molecule has 1 aromatic carbocycles. The summed E-state index contributed by atoms with van der Waals surface area (Å²) < 4.78 is 0. The third kappa shape index (κ3) is 5.13. The van der Waals surface area contributed by atoms with Gasteiger partial charge < -0.3 is 5.32 Å². The Labute approximate surface area is 110 Å². The molecule has 0 aliphatic carbocycles. The highest BCUT2D eigenvalue weighted by molar-refractivity contribution is 7.99. The van der Waals surface area contributed by atoms with Crippen molar-refractivity contribution in [2.24, 2.45) is 0 Å². The molecule has 0 radical (unpaired) electrons. The molecule has 0 aromatic heterocycles. The van der Waals surface area contributed by atoms with Crippen LogP contribution in [0.25, 0.3) is 0 Å².